The van der Waals surface area contributed by atoms with Crippen molar-refractivity contribution in [3.8, 4) is 0 Å². The Labute approximate surface area is 149 Å². The lowest BCUT2D eigenvalue weighted by Crippen LogP contribution is -2.26. The first kappa shape index (κ1) is 17.4. The summed E-state index contributed by atoms with van der Waals surface area (Å²) in [6.07, 6.45) is 0. The predicted octanol–water partition coefficient (Wildman–Crippen LogP) is 4.81. The highest BCUT2D eigenvalue weighted by Gasteiger charge is 2.25. The summed E-state index contributed by atoms with van der Waals surface area (Å²) in [5.74, 6) is 1.34. The van der Waals surface area contributed by atoms with Gasteiger partial charge in [0.2, 0.25) is 5.89 Å². The summed E-state index contributed by atoms with van der Waals surface area (Å²) >= 11 is 0. The van der Waals surface area contributed by atoms with Crippen molar-refractivity contribution < 1.29 is 4.52 Å². The molecule has 25 heavy (non-hydrogen) atoms. The molecule has 1 heterocycles. The molecule has 4 heteroatoms. The molecule has 0 spiro atoms. The van der Waals surface area contributed by atoms with E-state index >= 15 is 0 Å². The largest absolute Gasteiger partial charge is 0.338 e. The summed E-state index contributed by atoms with van der Waals surface area (Å²) in [7, 11) is 0. The third-order valence-electron chi connectivity index (χ3n) is 4.17. The first-order valence-electron chi connectivity index (χ1n) is 8.65. The highest BCUT2D eigenvalue weighted by atomic mass is 16.5. The van der Waals surface area contributed by atoms with Gasteiger partial charge in [0.15, 0.2) is 5.82 Å². The Morgan fingerprint density at radius 2 is 1.40 bits per heavy atom. The molecule has 130 valence electrons. The number of hydrogen-bond acceptors (Lipinski definition) is 4. The van der Waals surface area contributed by atoms with E-state index in [0.29, 0.717) is 5.89 Å². The van der Waals surface area contributed by atoms with E-state index in [2.05, 4.69) is 91.7 Å². The number of rotatable bonds is 5. The summed E-state index contributed by atoms with van der Waals surface area (Å²) in [4.78, 5) is 4.58. The van der Waals surface area contributed by atoms with Crippen LogP contribution >= 0.6 is 0 Å². The molecule has 4 nitrogen and oxygen atoms in total. The minimum Gasteiger partial charge on any atom is -0.338 e. The van der Waals surface area contributed by atoms with Gasteiger partial charge in [0, 0.05) is 5.41 Å². The monoisotopic (exact) mass is 335 g/mol. The molecule has 0 fully saturated rings. The standard InChI is InChI=1S/C21H25N3O/c1-15(19-23-20(24-25-19)21(2,3)4)22-18(16-11-7-5-8-12-16)17-13-9-6-10-14-17/h5-15,18,22H,1-4H3/t15-/m0/s1. The number of benzene rings is 2. The van der Waals surface area contributed by atoms with Crippen LogP contribution in [0.2, 0.25) is 0 Å². The van der Waals surface area contributed by atoms with E-state index in [1.54, 1.807) is 0 Å². The number of nitrogens with zero attached hydrogens (tertiary/aromatic N) is 2. The zero-order valence-electron chi connectivity index (χ0n) is 15.2. The van der Waals surface area contributed by atoms with E-state index in [1.807, 2.05) is 12.1 Å². The third kappa shape index (κ3) is 4.15. The van der Waals surface area contributed by atoms with Gasteiger partial charge in [0.25, 0.3) is 0 Å². The zero-order valence-corrected chi connectivity index (χ0v) is 15.2. The average Bonchev–Trinajstić information content (AvgIpc) is 3.12. The van der Waals surface area contributed by atoms with Gasteiger partial charge in [0.1, 0.15) is 0 Å². The Morgan fingerprint density at radius 3 is 1.84 bits per heavy atom. The van der Waals surface area contributed by atoms with E-state index in [-0.39, 0.29) is 17.5 Å². The second-order valence-corrected chi connectivity index (χ2v) is 7.35. The van der Waals surface area contributed by atoms with E-state index in [4.69, 9.17) is 4.52 Å². The van der Waals surface area contributed by atoms with Crippen molar-refractivity contribution in [1.29, 1.82) is 0 Å². The minimum absolute atomic E-state index is 0.0578. The van der Waals surface area contributed by atoms with Crippen LogP contribution < -0.4 is 5.32 Å². The van der Waals surface area contributed by atoms with Crippen LogP contribution in [0.4, 0.5) is 0 Å². The quantitative estimate of drug-likeness (QED) is 0.727. The minimum atomic E-state index is -0.125. The van der Waals surface area contributed by atoms with Crippen LogP contribution in [0.3, 0.4) is 0 Å². The van der Waals surface area contributed by atoms with Crippen LogP contribution in [0.5, 0.6) is 0 Å². The molecule has 0 amide bonds. The molecule has 1 aromatic heterocycles. The lowest BCUT2D eigenvalue weighted by Gasteiger charge is -2.22. The maximum atomic E-state index is 5.50. The second kappa shape index (κ2) is 7.19. The molecule has 0 aliphatic carbocycles. The molecule has 1 N–H and O–H groups in total. The number of hydrogen-bond donors (Lipinski definition) is 1. The van der Waals surface area contributed by atoms with Gasteiger partial charge in [0.05, 0.1) is 12.1 Å². The molecule has 3 aromatic rings. The highest BCUT2D eigenvalue weighted by molar-refractivity contribution is 5.31. The lowest BCUT2D eigenvalue weighted by atomic mass is 9.96. The molecule has 0 unspecified atom stereocenters. The summed E-state index contributed by atoms with van der Waals surface area (Å²) in [6, 6.07) is 20.8. The Kier molecular flexibility index (Phi) is 5.00. The SMILES string of the molecule is C[C@H](NC(c1ccccc1)c1ccccc1)c1nc(C(C)(C)C)no1. The molecule has 0 saturated carbocycles. The smallest absolute Gasteiger partial charge is 0.243 e. The summed E-state index contributed by atoms with van der Waals surface area (Å²) in [6.45, 7) is 8.29. The normalized spacial score (nSPS) is 13.2. The maximum Gasteiger partial charge on any atom is 0.243 e. The molecule has 0 radical (unpaired) electrons. The fourth-order valence-corrected chi connectivity index (χ4v) is 2.71. The van der Waals surface area contributed by atoms with Gasteiger partial charge in [-0.3, -0.25) is 5.32 Å². The van der Waals surface area contributed by atoms with Crippen LogP contribution in [0, 0.1) is 0 Å². The van der Waals surface area contributed by atoms with E-state index in [9.17, 15) is 0 Å². The number of aromatic nitrogens is 2. The van der Waals surface area contributed by atoms with Gasteiger partial charge in [-0.15, -0.1) is 0 Å². The molecule has 0 aliphatic heterocycles. The zero-order chi connectivity index (χ0) is 17.9. The summed E-state index contributed by atoms with van der Waals surface area (Å²) in [5.41, 5.74) is 2.28. The van der Waals surface area contributed by atoms with Gasteiger partial charge in [-0.2, -0.15) is 4.98 Å². The second-order valence-electron chi connectivity index (χ2n) is 7.35. The fourth-order valence-electron chi connectivity index (χ4n) is 2.71. The van der Waals surface area contributed by atoms with Gasteiger partial charge in [-0.1, -0.05) is 86.6 Å². The molecule has 1 atom stereocenters. The van der Waals surface area contributed by atoms with Crippen molar-refractivity contribution in [3.05, 3.63) is 83.5 Å². The first-order chi connectivity index (χ1) is 11.9. The van der Waals surface area contributed by atoms with Crippen LogP contribution in [0.15, 0.2) is 65.2 Å². The van der Waals surface area contributed by atoms with Crippen molar-refractivity contribution in [2.45, 2.75) is 45.2 Å². The predicted molar refractivity (Wildman–Crippen MR) is 99.3 cm³/mol. The van der Waals surface area contributed by atoms with Crippen LogP contribution in [-0.2, 0) is 5.41 Å². The average molecular weight is 335 g/mol. The molecule has 3 rings (SSSR count). The molecule has 0 aliphatic rings. The van der Waals surface area contributed by atoms with Crippen LogP contribution in [0.25, 0.3) is 0 Å². The Balaban J connectivity index is 1.87. The Morgan fingerprint density at radius 1 is 0.880 bits per heavy atom. The van der Waals surface area contributed by atoms with E-state index < -0.39 is 0 Å². The molecular formula is C21H25N3O. The van der Waals surface area contributed by atoms with Crippen molar-refractivity contribution in [2.24, 2.45) is 0 Å². The number of nitrogens with one attached hydrogen (secondary N) is 1. The molecule has 0 bridgehead atoms. The maximum absolute atomic E-state index is 5.50. The Bertz CT molecular complexity index is 751. The third-order valence-corrected chi connectivity index (χ3v) is 4.17. The summed E-state index contributed by atoms with van der Waals surface area (Å²) in [5, 5.41) is 7.77. The first-order valence-corrected chi connectivity index (χ1v) is 8.65. The van der Waals surface area contributed by atoms with Crippen molar-refractivity contribution in [2.75, 3.05) is 0 Å². The molecule has 2 aromatic carbocycles. The van der Waals surface area contributed by atoms with Gasteiger partial charge in [-0.05, 0) is 18.1 Å². The fraction of sp³-hybridized carbons (Fsp3) is 0.333. The lowest BCUT2D eigenvalue weighted by molar-refractivity contribution is 0.324. The van der Waals surface area contributed by atoms with Crippen LogP contribution in [0.1, 0.15) is 62.6 Å². The highest BCUT2D eigenvalue weighted by Crippen LogP contribution is 2.26. The van der Waals surface area contributed by atoms with E-state index in [1.165, 1.54) is 11.1 Å². The van der Waals surface area contributed by atoms with Gasteiger partial charge < -0.3 is 4.52 Å². The molecular weight excluding hydrogens is 310 g/mol. The van der Waals surface area contributed by atoms with Crippen LogP contribution in [-0.4, -0.2) is 10.1 Å². The molecule has 0 saturated heterocycles. The van der Waals surface area contributed by atoms with Crippen molar-refractivity contribution in [3.63, 3.8) is 0 Å². The van der Waals surface area contributed by atoms with E-state index in [0.717, 1.165) is 5.82 Å². The van der Waals surface area contributed by atoms with Gasteiger partial charge >= 0.3 is 0 Å². The van der Waals surface area contributed by atoms with Crippen molar-refractivity contribution >= 4 is 0 Å². The topological polar surface area (TPSA) is 51.0 Å². The van der Waals surface area contributed by atoms with Gasteiger partial charge in [-0.25, -0.2) is 0 Å². The van der Waals surface area contributed by atoms with Crippen molar-refractivity contribution in [1.82, 2.24) is 15.5 Å². The summed E-state index contributed by atoms with van der Waals surface area (Å²) < 4.78 is 5.50. The Hall–Kier alpha value is -2.46.